The summed E-state index contributed by atoms with van der Waals surface area (Å²) in [5, 5.41) is 3.64. The Morgan fingerprint density at radius 3 is 2.42 bits per heavy atom. The first-order valence-electron chi connectivity index (χ1n) is 7.80. The van der Waals surface area contributed by atoms with Crippen LogP contribution in [-0.2, 0) is 12.8 Å². The summed E-state index contributed by atoms with van der Waals surface area (Å²) in [6, 6.07) is 11.0. The van der Waals surface area contributed by atoms with E-state index >= 15 is 0 Å². The van der Waals surface area contributed by atoms with Crippen molar-refractivity contribution in [3.63, 3.8) is 0 Å². The van der Waals surface area contributed by atoms with E-state index in [-0.39, 0.29) is 0 Å². The highest BCUT2D eigenvalue weighted by atomic mass is 15.2. The zero-order chi connectivity index (χ0) is 13.2. The smallest absolute Gasteiger partial charge is 0.0195 e. The summed E-state index contributed by atoms with van der Waals surface area (Å²) in [5.41, 5.74) is 3.13. The third-order valence-corrected chi connectivity index (χ3v) is 4.76. The fourth-order valence-electron chi connectivity index (χ4n) is 3.72. The maximum Gasteiger partial charge on any atom is 0.0195 e. The van der Waals surface area contributed by atoms with E-state index in [4.69, 9.17) is 0 Å². The second kappa shape index (κ2) is 5.64. The lowest BCUT2D eigenvalue weighted by Crippen LogP contribution is -2.47. The van der Waals surface area contributed by atoms with Crippen LogP contribution >= 0.6 is 0 Å². The van der Waals surface area contributed by atoms with Crippen molar-refractivity contribution in [2.24, 2.45) is 0 Å². The molecule has 1 fully saturated rings. The minimum Gasteiger partial charge on any atom is -0.313 e. The van der Waals surface area contributed by atoms with Crippen LogP contribution in [0.2, 0.25) is 0 Å². The predicted octanol–water partition coefficient (Wildman–Crippen LogP) is 2.62. The highest BCUT2D eigenvalue weighted by molar-refractivity contribution is 5.33. The van der Waals surface area contributed by atoms with Crippen LogP contribution in [0, 0.1) is 0 Å². The number of rotatable bonds is 4. The molecule has 104 valence electrons. The van der Waals surface area contributed by atoms with Gasteiger partial charge in [-0.15, -0.1) is 0 Å². The van der Waals surface area contributed by atoms with E-state index in [1.54, 1.807) is 11.1 Å². The zero-order valence-electron chi connectivity index (χ0n) is 12.2. The predicted molar refractivity (Wildman–Crippen MR) is 80.5 cm³/mol. The van der Waals surface area contributed by atoms with Crippen molar-refractivity contribution in [1.29, 1.82) is 0 Å². The minimum absolute atomic E-state index is 0.640. The second-order valence-corrected chi connectivity index (χ2v) is 6.41. The monoisotopic (exact) mass is 258 g/mol. The van der Waals surface area contributed by atoms with E-state index in [9.17, 15) is 0 Å². The van der Waals surface area contributed by atoms with Gasteiger partial charge in [0.1, 0.15) is 0 Å². The Bertz CT molecular complexity index is 396. The van der Waals surface area contributed by atoms with Crippen molar-refractivity contribution in [2.75, 3.05) is 13.1 Å². The van der Waals surface area contributed by atoms with Crippen LogP contribution in [0.5, 0.6) is 0 Å². The molecule has 0 aromatic heterocycles. The summed E-state index contributed by atoms with van der Waals surface area (Å²) in [4.78, 5) is 2.73. The molecule has 2 aliphatic rings. The second-order valence-electron chi connectivity index (χ2n) is 6.41. The summed E-state index contributed by atoms with van der Waals surface area (Å²) >= 11 is 0. The Kier molecular flexibility index (Phi) is 3.90. The quantitative estimate of drug-likeness (QED) is 0.893. The lowest BCUT2D eigenvalue weighted by molar-refractivity contribution is 0.143. The first-order valence-corrected chi connectivity index (χ1v) is 7.80. The summed E-state index contributed by atoms with van der Waals surface area (Å²) < 4.78 is 0. The average molecular weight is 258 g/mol. The molecule has 1 aliphatic heterocycles. The topological polar surface area (TPSA) is 15.3 Å². The van der Waals surface area contributed by atoms with E-state index in [1.807, 2.05) is 0 Å². The molecule has 2 nitrogen and oxygen atoms in total. The normalized spacial score (nSPS) is 23.5. The maximum atomic E-state index is 3.64. The van der Waals surface area contributed by atoms with Crippen LogP contribution < -0.4 is 5.32 Å². The van der Waals surface area contributed by atoms with E-state index in [2.05, 4.69) is 48.3 Å². The van der Waals surface area contributed by atoms with Crippen molar-refractivity contribution in [3.05, 3.63) is 35.4 Å². The van der Waals surface area contributed by atoms with Gasteiger partial charge >= 0.3 is 0 Å². The molecule has 1 aromatic rings. The van der Waals surface area contributed by atoms with E-state index in [0.717, 1.165) is 0 Å². The Balaban J connectivity index is 1.68. The first kappa shape index (κ1) is 13.1. The van der Waals surface area contributed by atoms with Gasteiger partial charge in [-0.05, 0) is 57.2 Å². The van der Waals surface area contributed by atoms with Gasteiger partial charge in [0, 0.05) is 24.7 Å². The van der Waals surface area contributed by atoms with Crippen molar-refractivity contribution in [2.45, 2.75) is 57.7 Å². The van der Waals surface area contributed by atoms with Gasteiger partial charge in [-0.2, -0.15) is 0 Å². The Hall–Kier alpha value is -0.860. The number of nitrogens with zero attached hydrogens (tertiary/aromatic N) is 1. The third-order valence-electron chi connectivity index (χ3n) is 4.76. The SMILES string of the molecule is CC(C)N(CC1CCCN1)C1Cc2ccccc2C1. The molecule has 3 rings (SSSR count). The van der Waals surface area contributed by atoms with Gasteiger partial charge in [-0.25, -0.2) is 0 Å². The zero-order valence-corrected chi connectivity index (χ0v) is 12.2. The largest absolute Gasteiger partial charge is 0.313 e. The van der Waals surface area contributed by atoms with Crippen LogP contribution in [0.1, 0.15) is 37.8 Å². The van der Waals surface area contributed by atoms with Crippen molar-refractivity contribution < 1.29 is 0 Å². The van der Waals surface area contributed by atoms with Gasteiger partial charge in [0.05, 0.1) is 0 Å². The highest BCUT2D eigenvalue weighted by Gasteiger charge is 2.30. The number of hydrogen-bond acceptors (Lipinski definition) is 2. The molecular formula is C17H26N2. The Labute approximate surface area is 117 Å². The van der Waals surface area contributed by atoms with Gasteiger partial charge in [0.2, 0.25) is 0 Å². The van der Waals surface area contributed by atoms with Gasteiger partial charge in [0.15, 0.2) is 0 Å². The summed E-state index contributed by atoms with van der Waals surface area (Å²) in [6.07, 6.45) is 5.17. The lowest BCUT2D eigenvalue weighted by Gasteiger charge is -2.34. The Morgan fingerprint density at radius 1 is 1.21 bits per heavy atom. The van der Waals surface area contributed by atoms with Gasteiger partial charge in [-0.3, -0.25) is 4.90 Å². The van der Waals surface area contributed by atoms with Gasteiger partial charge in [0.25, 0.3) is 0 Å². The van der Waals surface area contributed by atoms with Crippen LogP contribution in [0.4, 0.5) is 0 Å². The van der Waals surface area contributed by atoms with Crippen LogP contribution in [0.25, 0.3) is 0 Å². The lowest BCUT2D eigenvalue weighted by atomic mass is 10.1. The molecule has 19 heavy (non-hydrogen) atoms. The number of nitrogens with one attached hydrogen (secondary N) is 1. The van der Waals surface area contributed by atoms with Crippen molar-refractivity contribution >= 4 is 0 Å². The molecular weight excluding hydrogens is 232 g/mol. The maximum absolute atomic E-state index is 3.64. The molecule has 0 saturated carbocycles. The van der Waals surface area contributed by atoms with Crippen LogP contribution in [-0.4, -0.2) is 36.1 Å². The molecule has 1 unspecified atom stereocenters. The number of hydrogen-bond donors (Lipinski definition) is 1. The molecule has 0 radical (unpaired) electrons. The van der Waals surface area contributed by atoms with Gasteiger partial charge in [-0.1, -0.05) is 24.3 Å². The fraction of sp³-hybridized carbons (Fsp3) is 0.647. The molecule has 0 amide bonds. The molecule has 1 saturated heterocycles. The van der Waals surface area contributed by atoms with Crippen LogP contribution in [0.3, 0.4) is 0 Å². The van der Waals surface area contributed by atoms with E-state index in [0.29, 0.717) is 18.1 Å². The van der Waals surface area contributed by atoms with E-state index in [1.165, 1.54) is 38.8 Å². The molecule has 0 spiro atoms. The summed E-state index contributed by atoms with van der Waals surface area (Å²) in [6.45, 7) is 7.12. The van der Waals surface area contributed by atoms with Crippen molar-refractivity contribution in [1.82, 2.24) is 10.2 Å². The van der Waals surface area contributed by atoms with E-state index < -0.39 is 0 Å². The molecule has 1 N–H and O–H groups in total. The fourth-order valence-corrected chi connectivity index (χ4v) is 3.72. The molecule has 1 atom stereocenters. The molecule has 1 aromatic carbocycles. The summed E-state index contributed by atoms with van der Waals surface area (Å²) in [7, 11) is 0. The molecule has 0 bridgehead atoms. The van der Waals surface area contributed by atoms with Crippen LogP contribution in [0.15, 0.2) is 24.3 Å². The minimum atomic E-state index is 0.640. The molecule has 2 heteroatoms. The van der Waals surface area contributed by atoms with Gasteiger partial charge < -0.3 is 5.32 Å². The standard InChI is InChI=1S/C17H26N2/c1-13(2)19(12-16-8-5-9-18-16)17-10-14-6-3-4-7-15(14)11-17/h3-4,6-7,13,16-18H,5,8-12H2,1-2H3. The Morgan fingerprint density at radius 2 is 1.89 bits per heavy atom. The molecule has 1 heterocycles. The average Bonchev–Trinajstić information content (AvgIpc) is 3.04. The number of fused-ring (bicyclic) bond motifs is 1. The van der Waals surface area contributed by atoms with Crippen molar-refractivity contribution in [3.8, 4) is 0 Å². The highest BCUT2D eigenvalue weighted by Crippen LogP contribution is 2.27. The summed E-state index contributed by atoms with van der Waals surface area (Å²) in [5.74, 6) is 0. The third kappa shape index (κ3) is 2.85. The number of benzene rings is 1. The molecule has 1 aliphatic carbocycles. The first-order chi connectivity index (χ1) is 9.24.